The van der Waals surface area contributed by atoms with Crippen LogP contribution in [0.5, 0.6) is 11.9 Å². The molecule has 0 spiro atoms. The molecule has 0 saturated heterocycles. The van der Waals surface area contributed by atoms with Gasteiger partial charge in [-0.2, -0.15) is 0 Å². The van der Waals surface area contributed by atoms with Crippen LogP contribution in [0.15, 0.2) is 78.9 Å². The molecule has 0 radical (unpaired) electrons. The molecule has 4 aromatic rings. The van der Waals surface area contributed by atoms with E-state index in [0.717, 1.165) is 11.3 Å². The van der Waals surface area contributed by atoms with Crippen molar-refractivity contribution in [3.63, 3.8) is 0 Å². The Labute approximate surface area is 167 Å². The summed E-state index contributed by atoms with van der Waals surface area (Å²) < 4.78 is 2.80. The number of hydrogen-bond acceptors (Lipinski definition) is 3. The lowest BCUT2D eigenvalue weighted by molar-refractivity contribution is -0.774. The molecule has 1 amide bonds. The summed E-state index contributed by atoms with van der Waals surface area (Å²) in [5.41, 5.74) is 2.80. The van der Waals surface area contributed by atoms with E-state index in [4.69, 9.17) is 0 Å². The van der Waals surface area contributed by atoms with Crippen molar-refractivity contribution >= 4 is 22.5 Å². The predicted octanol–water partition coefficient (Wildman–Crippen LogP) is 2.76. The average Bonchev–Trinajstić information content (AvgIpc) is 2.74. The zero-order valence-corrected chi connectivity index (χ0v) is 15.9. The van der Waals surface area contributed by atoms with Crippen molar-refractivity contribution < 1.29 is 24.1 Å². The number of fused-ring (bicyclic) bond motifs is 1. The van der Waals surface area contributed by atoms with Gasteiger partial charge in [0, 0.05) is 23.9 Å². The smallest absolute Gasteiger partial charge is 0.459 e. The summed E-state index contributed by atoms with van der Waals surface area (Å²) in [5, 5.41) is 25.2. The van der Waals surface area contributed by atoms with Gasteiger partial charge in [0.05, 0.1) is 0 Å². The van der Waals surface area contributed by atoms with Crippen LogP contribution in [0.3, 0.4) is 0 Å². The normalized spacial score (nSPS) is 10.8. The predicted molar refractivity (Wildman–Crippen MR) is 109 cm³/mol. The average molecular weight is 387 g/mol. The number of amides is 1. The van der Waals surface area contributed by atoms with Crippen molar-refractivity contribution in [2.24, 2.45) is 0 Å². The second kappa shape index (κ2) is 7.59. The number of rotatable bonds is 4. The molecular weight excluding hydrogens is 366 g/mol. The Balaban J connectivity index is 1.81. The molecule has 29 heavy (non-hydrogen) atoms. The summed E-state index contributed by atoms with van der Waals surface area (Å²) in [6.07, 6.45) is 0. The highest BCUT2D eigenvalue weighted by molar-refractivity contribution is 5.91. The van der Waals surface area contributed by atoms with Gasteiger partial charge in [-0.05, 0) is 29.2 Å². The minimum Gasteiger partial charge on any atom is -0.459 e. The molecule has 6 heteroatoms. The quantitative estimate of drug-likeness (QED) is 0.471. The third-order valence-electron chi connectivity index (χ3n) is 4.82. The Kier molecular flexibility index (Phi) is 4.83. The van der Waals surface area contributed by atoms with Crippen LogP contribution < -0.4 is 14.5 Å². The number of anilines is 1. The van der Waals surface area contributed by atoms with E-state index in [9.17, 15) is 15.0 Å². The summed E-state index contributed by atoms with van der Waals surface area (Å²) in [7, 11) is 0. The molecule has 3 N–H and O–H groups in total. The van der Waals surface area contributed by atoms with Gasteiger partial charge in [0.15, 0.2) is 5.39 Å². The number of aromatic hydroxyl groups is 2. The Hall–Kier alpha value is -3.93. The second-order valence-corrected chi connectivity index (χ2v) is 6.76. The molecular formula is C23H21N3O3+2. The number of benzene rings is 3. The molecule has 0 aliphatic rings. The minimum absolute atomic E-state index is 0.0974. The molecule has 0 saturated carbocycles. The first-order chi connectivity index (χ1) is 14.1. The van der Waals surface area contributed by atoms with Crippen LogP contribution in [0, 0.1) is 6.92 Å². The van der Waals surface area contributed by atoms with Gasteiger partial charge in [-0.25, -0.2) is 0 Å². The topological polar surface area (TPSA) is 77.3 Å². The first-order valence-corrected chi connectivity index (χ1v) is 9.25. The Morgan fingerprint density at radius 2 is 1.55 bits per heavy atom. The van der Waals surface area contributed by atoms with Crippen molar-refractivity contribution in [1.29, 1.82) is 0 Å². The van der Waals surface area contributed by atoms with E-state index in [1.54, 1.807) is 36.4 Å². The second-order valence-electron chi connectivity index (χ2n) is 6.76. The van der Waals surface area contributed by atoms with Crippen molar-refractivity contribution in [2.75, 3.05) is 5.32 Å². The third-order valence-corrected chi connectivity index (χ3v) is 4.82. The maximum Gasteiger partial charge on any atom is 0.638 e. The molecule has 0 fully saturated rings. The molecule has 3 aromatic carbocycles. The van der Waals surface area contributed by atoms with E-state index in [1.165, 1.54) is 9.13 Å². The molecule has 1 heterocycles. The van der Waals surface area contributed by atoms with Crippen LogP contribution in [0.2, 0.25) is 0 Å². The Morgan fingerprint density at radius 3 is 2.31 bits per heavy atom. The number of para-hydroxylation sites is 3. The number of hydrogen-bond donors (Lipinski definition) is 3. The van der Waals surface area contributed by atoms with Gasteiger partial charge in [0.1, 0.15) is 0 Å². The third kappa shape index (κ3) is 3.48. The largest absolute Gasteiger partial charge is 0.638 e. The number of carbonyl (C=O) groups excluding carboxylic acids is 1. The molecule has 144 valence electrons. The van der Waals surface area contributed by atoms with Gasteiger partial charge in [-0.1, -0.05) is 53.1 Å². The van der Waals surface area contributed by atoms with E-state index in [-0.39, 0.29) is 24.3 Å². The van der Waals surface area contributed by atoms with Crippen LogP contribution in [-0.2, 0) is 11.3 Å². The maximum absolute atomic E-state index is 12.7. The van der Waals surface area contributed by atoms with Gasteiger partial charge in [-0.3, -0.25) is 4.79 Å². The SMILES string of the molecule is Cc1ccccc1NC(=O)C[n+]1c(O)[n+](-c2ccccc2)c(O)c2ccccc21. The van der Waals surface area contributed by atoms with Crippen molar-refractivity contribution in [1.82, 2.24) is 0 Å². The summed E-state index contributed by atoms with van der Waals surface area (Å²) >= 11 is 0. The van der Waals surface area contributed by atoms with E-state index in [1.807, 2.05) is 49.4 Å². The van der Waals surface area contributed by atoms with Gasteiger partial charge in [-0.15, -0.1) is 0 Å². The lowest BCUT2D eigenvalue weighted by Crippen LogP contribution is -2.49. The Bertz CT molecular complexity index is 1210. The molecule has 6 nitrogen and oxygen atoms in total. The summed E-state index contributed by atoms with van der Waals surface area (Å²) in [6.45, 7) is 1.80. The van der Waals surface area contributed by atoms with Crippen LogP contribution in [0.1, 0.15) is 5.56 Å². The molecule has 0 aliphatic carbocycles. The molecule has 0 atom stereocenters. The van der Waals surface area contributed by atoms with Gasteiger partial charge in [0.2, 0.25) is 17.7 Å². The first-order valence-electron chi connectivity index (χ1n) is 9.25. The fourth-order valence-electron chi connectivity index (χ4n) is 3.36. The highest BCUT2D eigenvalue weighted by atomic mass is 16.3. The van der Waals surface area contributed by atoms with Crippen LogP contribution in [-0.4, -0.2) is 16.1 Å². The number of aryl methyl sites for hydroxylation is 1. The van der Waals surface area contributed by atoms with E-state index >= 15 is 0 Å². The number of nitrogens with zero attached hydrogens (tertiary/aromatic N) is 2. The van der Waals surface area contributed by atoms with Crippen LogP contribution in [0.4, 0.5) is 5.69 Å². The van der Waals surface area contributed by atoms with Gasteiger partial charge >= 0.3 is 11.9 Å². The van der Waals surface area contributed by atoms with Crippen molar-refractivity contribution in [3.8, 4) is 17.6 Å². The monoisotopic (exact) mass is 387 g/mol. The minimum atomic E-state index is -0.282. The number of nitrogens with one attached hydrogen (secondary N) is 1. The summed E-state index contributed by atoms with van der Waals surface area (Å²) in [4.78, 5) is 12.7. The molecule has 4 rings (SSSR count). The van der Waals surface area contributed by atoms with E-state index in [0.29, 0.717) is 16.6 Å². The summed E-state index contributed by atoms with van der Waals surface area (Å²) in [6, 6.07) is 23.4. The van der Waals surface area contributed by atoms with E-state index in [2.05, 4.69) is 5.32 Å². The van der Waals surface area contributed by atoms with Gasteiger partial charge < -0.3 is 15.5 Å². The summed E-state index contributed by atoms with van der Waals surface area (Å²) in [5.74, 6) is -0.380. The highest BCUT2D eigenvalue weighted by Crippen LogP contribution is 2.22. The molecule has 0 bridgehead atoms. The zero-order chi connectivity index (χ0) is 20.4. The zero-order valence-electron chi connectivity index (χ0n) is 15.9. The number of aromatic nitrogens is 2. The Morgan fingerprint density at radius 1 is 0.897 bits per heavy atom. The molecule has 0 unspecified atom stereocenters. The van der Waals surface area contributed by atoms with Crippen molar-refractivity contribution in [2.45, 2.75) is 13.5 Å². The highest BCUT2D eigenvalue weighted by Gasteiger charge is 2.36. The van der Waals surface area contributed by atoms with Crippen LogP contribution >= 0.6 is 0 Å². The fourth-order valence-corrected chi connectivity index (χ4v) is 3.36. The first kappa shape index (κ1) is 18.4. The number of carbonyl (C=O) groups is 1. The molecule has 1 aromatic heterocycles. The lowest BCUT2D eigenvalue weighted by atomic mass is 10.2. The van der Waals surface area contributed by atoms with E-state index < -0.39 is 0 Å². The fraction of sp³-hybridized carbons (Fsp3) is 0.0870. The maximum atomic E-state index is 12.7. The molecule has 0 aliphatic heterocycles. The lowest BCUT2D eigenvalue weighted by Gasteiger charge is -2.07. The standard InChI is InChI=1S/C23H19N3O3/c1-16-9-5-7-13-19(16)24-21(27)15-25-20-14-8-6-12-18(20)22(28)26(23(25)29)17-10-3-2-4-11-17/h2-14H,15H2,1H3,(H,24,27)/p+2. The van der Waals surface area contributed by atoms with Crippen molar-refractivity contribution in [3.05, 3.63) is 84.4 Å². The van der Waals surface area contributed by atoms with Gasteiger partial charge in [0.25, 0.3) is 5.91 Å². The van der Waals surface area contributed by atoms with Crippen LogP contribution in [0.25, 0.3) is 16.6 Å².